The molecule has 1 aliphatic carbocycles. The van der Waals surface area contributed by atoms with E-state index in [1.807, 2.05) is 0 Å². The Hall–Kier alpha value is -2.89. The minimum absolute atomic E-state index is 0.572. The van der Waals surface area contributed by atoms with Crippen LogP contribution in [0.5, 0.6) is 0 Å². The van der Waals surface area contributed by atoms with Crippen LogP contribution in [0.3, 0.4) is 0 Å². The molecule has 0 amide bonds. The number of aryl methyl sites for hydroxylation is 1. The lowest BCUT2D eigenvalue weighted by Gasteiger charge is -2.23. The molecule has 4 N–H and O–H groups in total. The van der Waals surface area contributed by atoms with Gasteiger partial charge in [0.25, 0.3) is 0 Å². The topological polar surface area (TPSA) is 71.7 Å². The lowest BCUT2D eigenvalue weighted by molar-refractivity contribution is 0.0774. The lowest BCUT2D eigenvalue weighted by Crippen LogP contribution is -2.36. The first-order valence-electron chi connectivity index (χ1n) is 11.5. The molecular weight excluding hydrogens is 396 g/mol. The van der Waals surface area contributed by atoms with Gasteiger partial charge in [-0.2, -0.15) is 0 Å². The molecule has 0 spiro atoms. The van der Waals surface area contributed by atoms with E-state index in [-0.39, 0.29) is 0 Å². The van der Waals surface area contributed by atoms with Crippen LogP contribution in [0.15, 0.2) is 72.0 Å². The van der Waals surface area contributed by atoms with Gasteiger partial charge in [0.15, 0.2) is 0 Å². The Morgan fingerprint density at radius 1 is 1.19 bits per heavy atom. The summed E-state index contributed by atoms with van der Waals surface area (Å²) in [6, 6.07) is 18.2. The Bertz CT molecular complexity index is 973. The summed E-state index contributed by atoms with van der Waals surface area (Å²) in [4.78, 5) is 4.52. The van der Waals surface area contributed by atoms with Crippen molar-refractivity contribution in [1.82, 2.24) is 10.6 Å². The predicted molar refractivity (Wildman–Crippen MR) is 132 cm³/mol. The summed E-state index contributed by atoms with van der Waals surface area (Å²) < 4.78 is 5.47. The van der Waals surface area contributed by atoms with Gasteiger partial charge in [0.2, 0.25) is 0 Å². The number of benzene rings is 2. The van der Waals surface area contributed by atoms with Gasteiger partial charge < -0.3 is 21.1 Å². The third-order valence-electron chi connectivity index (χ3n) is 6.22. The van der Waals surface area contributed by atoms with Crippen LogP contribution in [0.4, 0.5) is 0 Å². The number of allylic oxidation sites excluding steroid dienone is 1. The molecule has 0 bridgehead atoms. The maximum absolute atomic E-state index is 5.82. The van der Waals surface area contributed by atoms with Crippen molar-refractivity contribution in [2.24, 2.45) is 10.7 Å². The first kappa shape index (κ1) is 22.3. The summed E-state index contributed by atoms with van der Waals surface area (Å²) in [6.45, 7) is 8.67. The molecule has 168 valence electrons. The molecule has 0 radical (unpaired) electrons. The SMILES string of the molecule is C=C(NC(C=NCc1ccc(C)cc1)=CN)c1cccc(C2CC2NC2CCOCC2)c1. The van der Waals surface area contributed by atoms with Gasteiger partial charge >= 0.3 is 0 Å². The summed E-state index contributed by atoms with van der Waals surface area (Å²) >= 11 is 0. The van der Waals surface area contributed by atoms with Crippen molar-refractivity contribution >= 4 is 11.9 Å². The number of ether oxygens (including phenoxy) is 1. The second-order valence-corrected chi connectivity index (χ2v) is 8.81. The highest BCUT2D eigenvalue weighted by atomic mass is 16.5. The molecule has 5 nitrogen and oxygen atoms in total. The third kappa shape index (κ3) is 6.09. The first-order valence-corrected chi connectivity index (χ1v) is 11.5. The smallest absolute Gasteiger partial charge is 0.0723 e. The average molecular weight is 431 g/mol. The summed E-state index contributed by atoms with van der Waals surface area (Å²) in [6.07, 6.45) is 6.72. The van der Waals surface area contributed by atoms with Crippen molar-refractivity contribution in [3.8, 4) is 0 Å². The zero-order valence-corrected chi connectivity index (χ0v) is 18.9. The van der Waals surface area contributed by atoms with Crippen LogP contribution in [-0.2, 0) is 11.3 Å². The molecule has 1 saturated carbocycles. The third-order valence-corrected chi connectivity index (χ3v) is 6.22. The molecular formula is C27H34N4O. The summed E-state index contributed by atoms with van der Waals surface area (Å²) in [5.41, 5.74) is 12.2. The van der Waals surface area contributed by atoms with Crippen LogP contribution in [0.1, 0.15) is 47.4 Å². The molecule has 2 unspecified atom stereocenters. The van der Waals surface area contributed by atoms with E-state index in [1.54, 1.807) is 6.21 Å². The number of nitrogens with zero attached hydrogens (tertiary/aromatic N) is 1. The standard InChI is InChI=1S/C27H34N4O/c1-19-6-8-21(9-7-19)17-29-18-25(16-28)30-20(2)22-4-3-5-23(14-22)26-15-27(26)31-24-10-12-32-13-11-24/h3-9,14,16,18,24,26-27,30-31H,2,10-13,15,17,28H2,1H3. The van der Waals surface area contributed by atoms with Crippen molar-refractivity contribution in [2.75, 3.05) is 13.2 Å². The Labute approximate surface area is 191 Å². The molecule has 2 aliphatic rings. The second-order valence-electron chi connectivity index (χ2n) is 8.81. The maximum Gasteiger partial charge on any atom is 0.0723 e. The average Bonchev–Trinajstić information content (AvgIpc) is 3.59. The van der Waals surface area contributed by atoms with Crippen LogP contribution >= 0.6 is 0 Å². The summed E-state index contributed by atoms with van der Waals surface area (Å²) in [5, 5.41) is 7.11. The van der Waals surface area contributed by atoms with Gasteiger partial charge in [0.05, 0.1) is 12.2 Å². The van der Waals surface area contributed by atoms with Gasteiger partial charge in [-0.1, -0.05) is 54.6 Å². The quantitative estimate of drug-likeness (QED) is 0.520. The zero-order chi connectivity index (χ0) is 22.3. The molecule has 1 aliphatic heterocycles. The molecule has 2 aromatic rings. The molecule has 32 heavy (non-hydrogen) atoms. The molecule has 2 atom stereocenters. The van der Waals surface area contributed by atoms with Gasteiger partial charge in [0, 0.05) is 49.3 Å². The first-order chi connectivity index (χ1) is 15.6. The van der Waals surface area contributed by atoms with Gasteiger partial charge in [-0.05, 0) is 48.9 Å². The van der Waals surface area contributed by atoms with E-state index in [2.05, 4.69) is 77.7 Å². The number of aliphatic imine (C=N–C) groups is 1. The fourth-order valence-electron chi connectivity index (χ4n) is 4.18. The highest BCUT2D eigenvalue weighted by Gasteiger charge is 2.39. The van der Waals surface area contributed by atoms with Crippen molar-refractivity contribution in [2.45, 2.75) is 50.7 Å². The Morgan fingerprint density at radius 3 is 2.72 bits per heavy atom. The predicted octanol–water partition coefficient (Wildman–Crippen LogP) is 4.25. The Balaban J connectivity index is 1.31. The van der Waals surface area contributed by atoms with Crippen LogP contribution in [0.25, 0.3) is 5.70 Å². The van der Waals surface area contributed by atoms with E-state index in [1.165, 1.54) is 29.3 Å². The summed E-state index contributed by atoms with van der Waals surface area (Å²) in [5.74, 6) is 0.575. The van der Waals surface area contributed by atoms with Crippen LogP contribution in [0, 0.1) is 6.92 Å². The zero-order valence-electron chi connectivity index (χ0n) is 18.9. The highest BCUT2D eigenvalue weighted by molar-refractivity contribution is 5.81. The minimum Gasteiger partial charge on any atom is -0.403 e. The van der Waals surface area contributed by atoms with Crippen molar-refractivity contribution in [1.29, 1.82) is 0 Å². The number of rotatable bonds is 9. The van der Waals surface area contributed by atoms with E-state index in [4.69, 9.17) is 10.5 Å². The Morgan fingerprint density at radius 2 is 1.97 bits per heavy atom. The van der Waals surface area contributed by atoms with Crippen molar-refractivity contribution in [3.63, 3.8) is 0 Å². The lowest BCUT2D eigenvalue weighted by atomic mass is 10.0. The fraction of sp³-hybridized carbons (Fsp3) is 0.370. The summed E-state index contributed by atoms with van der Waals surface area (Å²) in [7, 11) is 0. The van der Waals surface area contributed by atoms with Gasteiger partial charge in [0.1, 0.15) is 0 Å². The van der Waals surface area contributed by atoms with Crippen LogP contribution in [0.2, 0.25) is 0 Å². The van der Waals surface area contributed by atoms with Crippen molar-refractivity contribution < 1.29 is 4.74 Å². The largest absolute Gasteiger partial charge is 0.403 e. The van der Waals surface area contributed by atoms with E-state index < -0.39 is 0 Å². The van der Waals surface area contributed by atoms with Gasteiger partial charge in [-0.25, -0.2) is 0 Å². The number of nitrogens with two attached hydrogens (primary N) is 1. The fourth-order valence-corrected chi connectivity index (χ4v) is 4.18. The number of nitrogens with one attached hydrogen (secondary N) is 2. The van der Waals surface area contributed by atoms with Crippen molar-refractivity contribution in [3.05, 3.63) is 89.3 Å². The molecule has 1 saturated heterocycles. The maximum atomic E-state index is 5.82. The Kier molecular flexibility index (Phi) is 7.40. The monoisotopic (exact) mass is 430 g/mol. The molecule has 4 rings (SSSR count). The van der Waals surface area contributed by atoms with E-state index in [0.29, 0.717) is 24.5 Å². The van der Waals surface area contributed by atoms with E-state index in [0.717, 1.165) is 43.0 Å². The normalized spacial score (nSPS) is 21.6. The molecule has 1 heterocycles. The van der Waals surface area contributed by atoms with Gasteiger partial charge in [-0.3, -0.25) is 4.99 Å². The van der Waals surface area contributed by atoms with Gasteiger partial charge in [-0.15, -0.1) is 0 Å². The van der Waals surface area contributed by atoms with E-state index in [9.17, 15) is 0 Å². The molecule has 5 heteroatoms. The number of hydrogen-bond acceptors (Lipinski definition) is 5. The molecule has 0 aromatic heterocycles. The molecule has 2 fully saturated rings. The number of hydrogen-bond donors (Lipinski definition) is 3. The van der Waals surface area contributed by atoms with E-state index >= 15 is 0 Å². The minimum atomic E-state index is 0.572. The highest BCUT2D eigenvalue weighted by Crippen LogP contribution is 2.42. The van der Waals surface area contributed by atoms with Crippen LogP contribution in [-0.4, -0.2) is 31.5 Å². The molecule has 2 aromatic carbocycles. The van der Waals surface area contributed by atoms with Crippen LogP contribution < -0.4 is 16.4 Å². The second kappa shape index (κ2) is 10.6.